The second-order valence-electron chi connectivity index (χ2n) is 11.8. The molecule has 0 aromatic heterocycles. The Bertz CT molecular complexity index is 1310. The van der Waals surface area contributed by atoms with Crippen molar-refractivity contribution in [1.29, 1.82) is 0 Å². The van der Waals surface area contributed by atoms with Crippen molar-refractivity contribution >= 4 is 45.5 Å². The molecule has 2 aliphatic rings. The molecule has 1 saturated heterocycles. The first kappa shape index (κ1) is 34.2. The number of sulfonamides is 1. The number of carboxylic acids is 1. The fourth-order valence-electron chi connectivity index (χ4n) is 5.73. The molecule has 1 aromatic carbocycles. The van der Waals surface area contributed by atoms with Gasteiger partial charge in [-0.3, -0.25) is 19.5 Å². The zero-order valence-electron chi connectivity index (χ0n) is 25.7. The minimum Gasteiger partial charge on any atom is -0.481 e. The van der Waals surface area contributed by atoms with Gasteiger partial charge in [-0.05, 0) is 74.4 Å². The highest BCUT2D eigenvalue weighted by molar-refractivity contribution is 7.92. The molecule has 43 heavy (non-hydrogen) atoms. The summed E-state index contributed by atoms with van der Waals surface area (Å²) in [7, 11) is -2.12. The van der Waals surface area contributed by atoms with Gasteiger partial charge in [0, 0.05) is 44.1 Å². The Balaban J connectivity index is 1.45. The number of carbonyl (C=O) groups is 3. The van der Waals surface area contributed by atoms with E-state index in [1.807, 2.05) is 13.8 Å². The molecule has 12 heteroatoms. The molecule has 0 bridgehead atoms. The highest BCUT2D eigenvalue weighted by Gasteiger charge is 2.46. The molecule has 0 aliphatic carbocycles. The molecular formula is C31H47N5O6S. The highest BCUT2D eigenvalue weighted by Crippen LogP contribution is 2.32. The van der Waals surface area contributed by atoms with Crippen LogP contribution in [0, 0.1) is 13.8 Å². The van der Waals surface area contributed by atoms with E-state index >= 15 is 0 Å². The van der Waals surface area contributed by atoms with Crippen LogP contribution in [0.1, 0.15) is 100 Å². The lowest BCUT2D eigenvalue weighted by Crippen LogP contribution is -2.50. The molecule has 2 heterocycles. The summed E-state index contributed by atoms with van der Waals surface area (Å²) in [4.78, 5) is 41.0. The van der Waals surface area contributed by atoms with E-state index in [9.17, 15) is 22.8 Å². The Hall–Kier alpha value is -3.25. The number of carbonyl (C=O) groups excluding carboxylic acids is 2. The van der Waals surface area contributed by atoms with E-state index in [0.29, 0.717) is 30.8 Å². The first-order chi connectivity index (χ1) is 20.3. The number of piperidine rings is 1. The molecule has 238 valence electrons. The first-order valence-electron chi connectivity index (χ1n) is 15.3. The molecule has 3 rings (SSSR count). The second-order valence-corrected chi connectivity index (χ2v) is 13.6. The summed E-state index contributed by atoms with van der Waals surface area (Å²) in [6.45, 7) is 4.14. The number of nitrogens with two attached hydrogens (primary N) is 1. The molecule has 1 fully saturated rings. The SMILES string of the molecule is Cc1cc(N(C)C(N)=O)cc(C)c1C=CS(=O)(=O)N1CCC2(CC1)N=C(CCCCCCCCCCCC(=O)O)NC2=O. The Labute approximate surface area is 255 Å². The molecule has 11 nitrogen and oxygen atoms in total. The van der Waals surface area contributed by atoms with Gasteiger partial charge in [-0.25, -0.2) is 13.2 Å². The van der Waals surface area contributed by atoms with Gasteiger partial charge >= 0.3 is 12.0 Å². The van der Waals surface area contributed by atoms with Gasteiger partial charge in [-0.15, -0.1) is 0 Å². The molecule has 0 saturated carbocycles. The first-order valence-corrected chi connectivity index (χ1v) is 16.8. The second kappa shape index (κ2) is 15.5. The predicted octanol–water partition coefficient (Wildman–Crippen LogP) is 4.86. The van der Waals surface area contributed by atoms with Gasteiger partial charge in [0.05, 0.1) is 0 Å². The van der Waals surface area contributed by atoms with Crippen LogP contribution in [0.3, 0.4) is 0 Å². The van der Waals surface area contributed by atoms with Gasteiger partial charge in [0.1, 0.15) is 11.4 Å². The Morgan fingerprint density at radius 2 is 1.56 bits per heavy atom. The average Bonchev–Trinajstić information content (AvgIpc) is 3.24. The van der Waals surface area contributed by atoms with E-state index in [2.05, 4.69) is 5.32 Å². The molecule has 1 spiro atoms. The Morgan fingerprint density at radius 3 is 2.09 bits per heavy atom. The normalized spacial score (nSPS) is 16.9. The number of unbranched alkanes of at least 4 members (excludes halogenated alkanes) is 8. The lowest BCUT2D eigenvalue weighted by atomic mass is 9.89. The number of urea groups is 1. The van der Waals surface area contributed by atoms with E-state index in [4.69, 9.17) is 15.8 Å². The molecule has 0 atom stereocenters. The summed E-state index contributed by atoms with van der Waals surface area (Å²) in [6.07, 6.45) is 12.6. The predicted molar refractivity (Wildman–Crippen MR) is 169 cm³/mol. The van der Waals surface area contributed by atoms with Crippen LogP contribution in [0.25, 0.3) is 6.08 Å². The third kappa shape index (κ3) is 9.62. The van der Waals surface area contributed by atoms with Gasteiger partial charge in [-0.1, -0.05) is 44.9 Å². The Kier molecular flexibility index (Phi) is 12.3. The number of nitrogens with one attached hydrogen (secondary N) is 1. The number of rotatable bonds is 16. The quantitative estimate of drug-likeness (QED) is 0.224. The number of benzene rings is 1. The third-order valence-electron chi connectivity index (χ3n) is 8.45. The fourth-order valence-corrected chi connectivity index (χ4v) is 6.91. The van der Waals surface area contributed by atoms with Crippen molar-refractivity contribution in [1.82, 2.24) is 9.62 Å². The van der Waals surface area contributed by atoms with Crippen LogP contribution < -0.4 is 16.0 Å². The van der Waals surface area contributed by atoms with Crippen molar-refractivity contribution in [2.45, 2.75) is 103 Å². The zero-order valence-corrected chi connectivity index (χ0v) is 26.5. The number of nitrogens with zero attached hydrogens (tertiary/aromatic N) is 3. The number of hydrogen-bond donors (Lipinski definition) is 3. The third-order valence-corrected chi connectivity index (χ3v) is 10.0. The number of aliphatic imine (C=N–C) groups is 1. The van der Waals surface area contributed by atoms with Crippen LogP contribution in [0.15, 0.2) is 22.5 Å². The fraction of sp³-hybridized carbons (Fsp3) is 0.613. The maximum atomic E-state index is 13.1. The van der Waals surface area contributed by atoms with E-state index < -0.39 is 27.6 Å². The largest absolute Gasteiger partial charge is 0.481 e. The van der Waals surface area contributed by atoms with Crippen LogP contribution >= 0.6 is 0 Å². The Morgan fingerprint density at radius 1 is 1.02 bits per heavy atom. The van der Waals surface area contributed by atoms with Crippen molar-refractivity contribution in [3.05, 3.63) is 34.2 Å². The van der Waals surface area contributed by atoms with Crippen LogP contribution in [0.5, 0.6) is 0 Å². The van der Waals surface area contributed by atoms with Crippen LogP contribution in [0.4, 0.5) is 10.5 Å². The number of amidine groups is 1. The maximum Gasteiger partial charge on any atom is 0.318 e. The van der Waals surface area contributed by atoms with Crippen molar-refractivity contribution in [2.24, 2.45) is 10.7 Å². The summed E-state index contributed by atoms with van der Waals surface area (Å²) in [5, 5.41) is 12.8. The summed E-state index contributed by atoms with van der Waals surface area (Å²) in [6, 6.07) is 3.00. The number of aliphatic carboxylic acids is 1. The van der Waals surface area contributed by atoms with Crippen LogP contribution in [-0.2, 0) is 19.6 Å². The minimum absolute atomic E-state index is 0.134. The maximum absolute atomic E-state index is 13.1. The van der Waals surface area contributed by atoms with Gasteiger partial charge in [0.2, 0.25) is 10.0 Å². The number of anilines is 1. The molecular weight excluding hydrogens is 570 g/mol. The lowest BCUT2D eigenvalue weighted by Gasteiger charge is -2.34. The zero-order chi connectivity index (χ0) is 31.6. The number of carboxylic acid groups (broad SMARTS) is 1. The van der Waals surface area contributed by atoms with Crippen molar-refractivity contribution < 1.29 is 27.9 Å². The van der Waals surface area contributed by atoms with E-state index in [1.54, 1.807) is 25.3 Å². The molecule has 0 radical (unpaired) electrons. The van der Waals surface area contributed by atoms with Crippen molar-refractivity contribution in [3.8, 4) is 0 Å². The summed E-state index contributed by atoms with van der Waals surface area (Å²) in [5.41, 5.74) is 7.52. The van der Waals surface area contributed by atoms with E-state index in [-0.39, 0.29) is 25.4 Å². The van der Waals surface area contributed by atoms with Crippen molar-refractivity contribution in [2.75, 3.05) is 25.0 Å². The minimum atomic E-state index is -3.70. The molecule has 0 unspecified atom stereocenters. The van der Waals surface area contributed by atoms with Gasteiger partial charge in [0.25, 0.3) is 5.91 Å². The molecule has 3 amide bonds. The monoisotopic (exact) mass is 617 g/mol. The smallest absolute Gasteiger partial charge is 0.318 e. The van der Waals surface area contributed by atoms with Crippen molar-refractivity contribution in [3.63, 3.8) is 0 Å². The van der Waals surface area contributed by atoms with E-state index in [0.717, 1.165) is 74.5 Å². The number of aryl methyl sites for hydroxylation is 2. The van der Waals surface area contributed by atoms with Gasteiger partial charge in [-0.2, -0.15) is 4.31 Å². The van der Waals surface area contributed by atoms with Gasteiger partial charge in [0.15, 0.2) is 0 Å². The molecule has 1 aromatic rings. The lowest BCUT2D eigenvalue weighted by molar-refractivity contribution is -0.137. The average molecular weight is 618 g/mol. The number of hydrogen-bond acceptors (Lipinski definition) is 6. The number of amides is 3. The molecule has 4 N–H and O–H groups in total. The topological polar surface area (TPSA) is 162 Å². The van der Waals surface area contributed by atoms with Gasteiger partial charge < -0.3 is 16.2 Å². The summed E-state index contributed by atoms with van der Waals surface area (Å²) < 4.78 is 27.7. The standard InChI is InChI=1S/C31H47N5O6S/c1-23-21-25(35(3)30(32)40)22-24(2)26(23)15-20-43(41,42)36-18-16-31(17-19-36)29(39)33-27(34-31)13-11-9-7-5-4-6-8-10-12-14-28(37)38/h15,20-22H,4-14,16-19H2,1-3H3,(H2,32,40)(H,37,38)(H,33,34,39). The van der Waals surface area contributed by atoms with Crippen LogP contribution in [0.2, 0.25) is 0 Å². The number of primary amides is 1. The highest BCUT2D eigenvalue weighted by atomic mass is 32.2. The van der Waals surface area contributed by atoms with E-state index in [1.165, 1.54) is 14.6 Å². The molecule has 2 aliphatic heterocycles. The van der Waals surface area contributed by atoms with Crippen LogP contribution in [-0.4, -0.2) is 67.2 Å². The summed E-state index contributed by atoms with van der Waals surface area (Å²) in [5.74, 6) is -0.153. The summed E-state index contributed by atoms with van der Waals surface area (Å²) >= 11 is 0.